The lowest BCUT2D eigenvalue weighted by atomic mass is 10.3. The van der Waals surface area contributed by atoms with Gasteiger partial charge in [0.15, 0.2) is 11.5 Å². The molecule has 0 heterocycles. The first-order valence-corrected chi connectivity index (χ1v) is 4.22. The largest absolute Gasteiger partial charge is 0.546 e. The third kappa shape index (κ3) is 2.77. The number of hydrogen-bond acceptors (Lipinski definition) is 5. The molecular weight excluding hydrogens is 200 g/mol. The third-order valence-corrected chi connectivity index (χ3v) is 1.72. The van der Waals surface area contributed by atoms with Gasteiger partial charge in [-0.05, 0) is 12.1 Å². The number of carboxylic acid groups (broad SMARTS) is 1. The van der Waals surface area contributed by atoms with E-state index in [1.54, 1.807) is 18.2 Å². The number of carbonyl (C=O) groups excluding carboxylic acids is 1. The van der Waals surface area contributed by atoms with Crippen molar-refractivity contribution in [3.05, 3.63) is 18.2 Å². The van der Waals surface area contributed by atoms with Crippen LogP contribution in [0.15, 0.2) is 18.2 Å². The number of para-hydroxylation sites is 1. The number of carbonyl (C=O) groups is 1. The van der Waals surface area contributed by atoms with Crippen LogP contribution in [0.3, 0.4) is 0 Å². The lowest BCUT2D eigenvalue weighted by Gasteiger charge is -2.14. The van der Waals surface area contributed by atoms with Crippen molar-refractivity contribution in [2.24, 2.45) is 0 Å². The van der Waals surface area contributed by atoms with E-state index in [1.807, 2.05) is 0 Å². The fourth-order valence-corrected chi connectivity index (χ4v) is 1.09. The second kappa shape index (κ2) is 5.09. The van der Waals surface area contributed by atoms with E-state index in [0.29, 0.717) is 11.5 Å². The molecule has 1 aromatic carbocycles. The summed E-state index contributed by atoms with van der Waals surface area (Å²) < 4.78 is 15.0. The predicted molar refractivity (Wildman–Crippen MR) is 50.0 cm³/mol. The highest BCUT2D eigenvalue weighted by atomic mass is 16.5. The third-order valence-electron chi connectivity index (χ3n) is 1.72. The fraction of sp³-hybridized carbons (Fsp3) is 0.300. The molecule has 0 unspecified atom stereocenters. The lowest BCUT2D eigenvalue weighted by molar-refractivity contribution is -0.307. The van der Waals surface area contributed by atoms with E-state index in [-0.39, 0.29) is 5.75 Å². The van der Waals surface area contributed by atoms with E-state index < -0.39 is 12.6 Å². The average molecular weight is 211 g/mol. The van der Waals surface area contributed by atoms with Crippen LogP contribution in [0, 0.1) is 0 Å². The molecule has 0 aromatic heterocycles. The minimum Gasteiger partial charge on any atom is -0.546 e. The Hall–Kier alpha value is -1.91. The highest BCUT2D eigenvalue weighted by Gasteiger charge is 2.10. The summed E-state index contributed by atoms with van der Waals surface area (Å²) in [7, 11) is 2.92. The zero-order chi connectivity index (χ0) is 11.3. The molecule has 0 fully saturated rings. The molecule has 5 heteroatoms. The molecular formula is C10H11O5-. The Morgan fingerprint density at radius 2 is 1.80 bits per heavy atom. The summed E-state index contributed by atoms with van der Waals surface area (Å²) in [6.45, 7) is -0.545. The zero-order valence-electron chi connectivity index (χ0n) is 8.48. The first-order chi connectivity index (χ1) is 7.19. The summed E-state index contributed by atoms with van der Waals surface area (Å²) >= 11 is 0. The number of benzene rings is 1. The molecule has 5 nitrogen and oxygen atoms in total. The maximum Gasteiger partial charge on any atom is 0.203 e. The van der Waals surface area contributed by atoms with Gasteiger partial charge in [-0.15, -0.1) is 0 Å². The van der Waals surface area contributed by atoms with Gasteiger partial charge in [-0.3, -0.25) is 0 Å². The fourth-order valence-electron chi connectivity index (χ4n) is 1.09. The van der Waals surface area contributed by atoms with E-state index >= 15 is 0 Å². The molecule has 0 aliphatic heterocycles. The van der Waals surface area contributed by atoms with Gasteiger partial charge in [0.1, 0.15) is 6.61 Å². The average Bonchev–Trinajstić information content (AvgIpc) is 2.25. The summed E-state index contributed by atoms with van der Waals surface area (Å²) in [5, 5.41) is 10.3. The van der Waals surface area contributed by atoms with Crippen LogP contribution in [0.25, 0.3) is 0 Å². The summed E-state index contributed by atoms with van der Waals surface area (Å²) in [6, 6.07) is 5.00. The van der Waals surface area contributed by atoms with Crippen molar-refractivity contribution >= 4 is 5.97 Å². The van der Waals surface area contributed by atoms with Crippen LogP contribution < -0.4 is 19.3 Å². The molecule has 0 aliphatic rings. The van der Waals surface area contributed by atoms with Crippen LogP contribution in [-0.4, -0.2) is 26.8 Å². The molecule has 0 saturated heterocycles. The van der Waals surface area contributed by atoms with Crippen LogP contribution in [0.4, 0.5) is 0 Å². The summed E-state index contributed by atoms with van der Waals surface area (Å²) in [5.74, 6) is -0.221. The topological polar surface area (TPSA) is 67.8 Å². The highest BCUT2D eigenvalue weighted by Crippen LogP contribution is 2.36. The molecule has 0 spiro atoms. The Morgan fingerprint density at radius 1 is 1.27 bits per heavy atom. The van der Waals surface area contributed by atoms with Crippen molar-refractivity contribution < 1.29 is 24.1 Å². The van der Waals surface area contributed by atoms with E-state index in [1.165, 1.54) is 14.2 Å². The summed E-state index contributed by atoms with van der Waals surface area (Å²) in [6.07, 6.45) is 0. The summed E-state index contributed by atoms with van der Waals surface area (Å²) in [4.78, 5) is 10.3. The standard InChI is InChI=1S/C10H12O5/c1-13-7-4-3-5-8(14-2)10(7)15-6-9(11)12/h3-5H,6H2,1-2H3,(H,11,12)/p-1. The van der Waals surface area contributed by atoms with E-state index in [0.717, 1.165) is 0 Å². The van der Waals surface area contributed by atoms with Crippen LogP contribution in [0.2, 0.25) is 0 Å². The van der Waals surface area contributed by atoms with E-state index in [4.69, 9.17) is 14.2 Å². The Morgan fingerprint density at radius 3 is 2.20 bits per heavy atom. The minimum atomic E-state index is -1.30. The van der Waals surface area contributed by atoms with Gasteiger partial charge < -0.3 is 24.1 Å². The van der Waals surface area contributed by atoms with E-state index in [9.17, 15) is 9.90 Å². The molecule has 1 rings (SSSR count). The van der Waals surface area contributed by atoms with Crippen molar-refractivity contribution in [2.75, 3.05) is 20.8 Å². The normalized spacial score (nSPS) is 9.47. The number of methoxy groups -OCH3 is 2. The molecule has 0 atom stereocenters. The summed E-state index contributed by atoms with van der Waals surface area (Å²) in [5.41, 5.74) is 0. The van der Waals surface area contributed by atoms with Gasteiger partial charge in [0.25, 0.3) is 0 Å². The molecule has 1 aromatic rings. The molecule has 0 radical (unpaired) electrons. The lowest BCUT2D eigenvalue weighted by Crippen LogP contribution is -2.29. The molecule has 82 valence electrons. The van der Waals surface area contributed by atoms with Gasteiger partial charge >= 0.3 is 0 Å². The van der Waals surface area contributed by atoms with Crippen molar-refractivity contribution in [1.29, 1.82) is 0 Å². The highest BCUT2D eigenvalue weighted by molar-refractivity contribution is 5.66. The molecule has 0 amide bonds. The molecule has 0 N–H and O–H groups in total. The SMILES string of the molecule is COc1cccc(OC)c1OCC(=O)[O-]. The molecule has 15 heavy (non-hydrogen) atoms. The first kappa shape index (κ1) is 11.2. The number of hydrogen-bond donors (Lipinski definition) is 0. The minimum absolute atomic E-state index is 0.256. The van der Waals surface area contributed by atoms with Crippen LogP contribution in [-0.2, 0) is 4.79 Å². The van der Waals surface area contributed by atoms with Gasteiger partial charge in [0, 0.05) is 0 Å². The van der Waals surface area contributed by atoms with Crippen molar-refractivity contribution in [3.63, 3.8) is 0 Å². The van der Waals surface area contributed by atoms with Gasteiger partial charge in [0.2, 0.25) is 5.75 Å². The smallest absolute Gasteiger partial charge is 0.203 e. The van der Waals surface area contributed by atoms with Crippen LogP contribution in [0.1, 0.15) is 0 Å². The second-order valence-electron chi connectivity index (χ2n) is 2.65. The quantitative estimate of drug-likeness (QED) is 0.676. The molecule has 0 bridgehead atoms. The van der Waals surface area contributed by atoms with Gasteiger partial charge in [-0.25, -0.2) is 0 Å². The zero-order valence-corrected chi connectivity index (χ0v) is 8.48. The number of ether oxygens (including phenoxy) is 3. The van der Waals surface area contributed by atoms with Crippen molar-refractivity contribution in [1.82, 2.24) is 0 Å². The Bertz CT molecular complexity index is 325. The number of carboxylic acids is 1. The maximum atomic E-state index is 10.3. The maximum absolute atomic E-state index is 10.3. The Balaban J connectivity index is 2.94. The van der Waals surface area contributed by atoms with Gasteiger partial charge in [0.05, 0.1) is 20.2 Å². The number of aliphatic carboxylic acids is 1. The van der Waals surface area contributed by atoms with Crippen molar-refractivity contribution in [3.8, 4) is 17.2 Å². The predicted octanol–water partition coefficient (Wildman–Crippen LogP) is -0.168. The second-order valence-corrected chi connectivity index (χ2v) is 2.65. The monoisotopic (exact) mass is 211 g/mol. The Kier molecular flexibility index (Phi) is 3.79. The van der Waals surface area contributed by atoms with E-state index in [2.05, 4.69) is 0 Å². The molecule has 0 saturated carbocycles. The van der Waals surface area contributed by atoms with Crippen LogP contribution >= 0.6 is 0 Å². The van der Waals surface area contributed by atoms with Gasteiger partial charge in [-0.1, -0.05) is 6.07 Å². The number of rotatable bonds is 5. The Labute approximate surface area is 87.2 Å². The van der Waals surface area contributed by atoms with Crippen molar-refractivity contribution in [2.45, 2.75) is 0 Å². The first-order valence-electron chi connectivity index (χ1n) is 4.22. The van der Waals surface area contributed by atoms with Gasteiger partial charge in [-0.2, -0.15) is 0 Å². The van der Waals surface area contributed by atoms with Crippen LogP contribution in [0.5, 0.6) is 17.2 Å². The molecule has 0 aliphatic carbocycles.